The van der Waals surface area contributed by atoms with Crippen molar-refractivity contribution in [3.8, 4) is 28.6 Å². The summed E-state index contributed by atoms with van der Waals surface area (Å²) in [6, 6.07) is 3.30. The standard InChI is InChI=1S/C14H16FN3O3/c1-7-12(15)13(16)18-14(17-7)8-5-10(20-3)11(21-4)6-9(8)19-2/h5-6H,1-4H3,(H2,16,17,18). The quantitative estimate of drug-likeness (QED) is 0.931. The van der Waals surface area contributed by atoms with Gasteiger partial charge in [-0.2, -0.15) is 0 Å². The van der Waals surface area contributed by atoms with Crippen LogP contribution in [0.25, 0.3) is 11.4 Å². The molecule has 2 aromatic rings. The highest BCUT2D eigenvalue weighted by Gasteiger charge is 2.17. The molecule has 0 bridgehead atoms. The van der Waals surface area contributed by atoms with E-state index in [9.17, 15) is 4.39 Å². The molecule has 2 rings (SSSR count). The second-order valence-corrected chi connectivity index (χ2v) is 4.24. The molecular weight excluding hydrogens is 277 g/mol. The number of nitrogens with zero attached hydrogens (tertiary/aromatic N) is 2. The second kappa shape index (κ2) is 5.82. The number of hydrogen-bond donors (Lipinski definition) is 1. The summed E-state index contributed by atoms with van der Waals surface area (Å²) in [7, 11) is 4.54. The summed E-state index contributed by atoms with van der Waals surface area (Å²) in [6.07, 6.45) is 0. The maximum Gasteiger partial charge on any atom is 0.186 e. The summed E-state index contributed by atoms with van der Waals surface area (Å²) in [6.45, 7) is 1.52. The molecule has 0 aliphatic heterocycles. The van der Waals surface area contributed by atoms with Crippen LogP contribution in [0.15, 0.2) is 12.1 Å². The molecule has 1 aromatic heterocycles. The molecule has 0 atom stereocenters. The molecule has 0 radical (unpaired) electrons. The summed E-state index contributed by atoms with van der Waals surface area (Å²) >= 11 is 0. The Morgan fingerprint density at radius 1 is 0.952 bits per heavy atom. The van der Waals surface area contributed by atoms with Crippen molar-refractivity contribution in [2.24, 2.45) is 0 Å². The van der Waals surface area contributed by atoms with Gasteiger partial charge in [-0.25, -0.2) is 14.4 Å². The highest BCUT2D eigenvalue weighted by molar-refractivity contribution is 5.70. The zero-order chi connectivity index (χ0) is 15.6. The molecule has 112 valence electrons. The Kier molecular flexibility index (Phi) is 4.11. The Bertz CT molecular complexity index is 654. The van der Waals surface area contributed by atoms with Crippen LogP contribution in [0, 0.1) is 12.7 Å². The number of anilines is 1. The lowest BCUT2D eigenvalue weighted by atomic mass is 10.1. The number of hydrogen-bond acceptors (Lipinski definition) is 6. The topological polar surface area (TPSA) is 79.5 Å². The van der Waals surface area contributed by atoms with E-state index in [0.29, 0.717) is 22.8 Å². The minimum atomic E-state index is -0.627. The molecule has 6 nitrogen and oxygen atoms in total. The Labute approximate surface area is 121 Å². The molecule has 0 fully saturated rings. The van der Waals surface area contributed by atoms with Crippen molar-refractivity contribution in [3.63, 3.8) is 0 Å². The first kappa shape index (κ1) is 14.8. The van der Waals surface area contributed by atoms with Gasteiger partial charge >= 0.3 is 0 Å². The van der Waals surface area contributed by atoms with Crippen LogP contribution in [0.5, 0.6) is 17.2 Å². The molecule has 0 amide bonds. The second-order valence-electron chi connectivity index (χ2n) is 4.24. The molecule has 21 heavy (non-hydrogen) atoms. The first-order valence-corrected chi connectivity index (χ1v) is 6.11. The fourth-order valence-electron chi connectivity index (χ4n) is 1.91. The maximum absolute atomic E-state index is 13.5. The molecule has 2 N–H and O–H groups in total. The summed E-state index contributed by atoms with van der Waals surface area (Å²) < 4.78 is 29.3. The lowest BCUT2D eigenvalue weighted by Crippen LogP contribution is -2.04. The Balaban J connectivity index is 2.67. The predicted molar refractivity (Wildman–Crippen MR) is 76.2 cm³/mol. The molecular formula is C14H16FN3O3. The van der Waals surface area contributed by atoms with Crippen LogP contribution in [-0.2, 0) is 0 Å². The smallest absolute Gasteiger partial charge is 0.186 e. The first-order chi connectivity index (χ1) is 10.0. The highest BCUT2D eigenvalue weighted by atomic mass is 19.1. The number of rotatable bonds is 4. The molecule has 0 aliphatic carbocycles. The van der Waals surface area contributed by atoms with Crippen LogP contribution >= 0.6 is 0 Å². The number of ether oxygens (including phenoxy) is 3. The number of nitrogen functional groups attached to an aromatic ring is 1. The number of aromatic nitrogens is 2. The Hall–Kier alpha value is -2.57. The number of methoxy groups -OCH3 is 3. The maximum atomic E-state index is 13.5. The van der Waals surface area contributed by atoms with Gasteiger partial charge in [0.2, 0.25) is 0 Å². The normalized spacial score (nSPS) is 10.3. The third-order valence-electron chi connectivity index (χ3n) is 2.99. The molecule has 1 heterocycles. The predicted octanol–water partition coefficient (Wildman–Crippen LogP) is 2.20. The largest absolute Gasteiger partial charge is 0.496 e. The van der Waals surface area contributed by atoms with E-state index in [4.69, 9.17) is 19.9 Å². The van der Waals surface area contributed by atoms with E-state index < -0.39 is 5.82 Å². The lowest BCUT2D eigenvalue weighted by Gasteiger charge is -2.14. The van der Waals surface area contributed by atoms with E-state index in [2.05, 4.69) is 9.97 Å². The van der Waals surface area contributed by atoms with E-state index in [-0.39, 0.29) is 17.3 Å². The molecule has 0 saturated heterocycles. The van der Waals surface area contributed by atoms with Crippen LogP contribution in [0.4, 0.5) is 10.2 Å². The molecule has 0 unspecified atom stereocenters. The fourth-order valence-corrected chi connectivity index (χ4v) is 1.91. The van der Waals surface area contributed by atoms with E-state index in [0.717, 1.165) is 0 Å². The van der Waals surface area contributed by atoms with Gasteiger partial charge in [-0.1, -0.05) is 0 Å². The van der Waals surface area contributed by atoms with E-state index in [1.807, 2.05) is 0 Å². The number of halogens is 1. The fraction of sp³-hybridized carbons (Fsp3) is 0.286. The molecule has 0 aliphatic rings. The number of benzene rings is 1. The van der Waals surface area contributed by atoms with Crippen molar-refractivity contribution in [2.75, 3.05) is 27.1 Å². The number of aryl methyl sites for hydroxylation is 1. The van der Waals surface area contributed by atoms with E-state index >= 15 is 0 Å². The average Bonchev–Trinajstić information content (AvgIpc) is 2.50. The summed E-state index contributed by atoms with van der Waals surface area (Å²) in [4.78, 5) is 8.06. The van der Waals surface area contributed by atoms with Crippen LogP contribution in [0.3, 0.4) is 0 Å². The molecule has 0 spiro atoms. The van der Waals surface area contributed by atoms with Crippen molar-refractivity contribution in [1.82, 2.24) is 9.97 Å². The lowest BCUT2D eigenvalue weighted by molar-refractivity contribution is 0.349. The molecule has 0 saturated carbocycles. The van der Waals surface area contributed by atoms with Crippen LogP contribution in [0.1, 0.15) is 5.69 Å². The Morgan fingerprint density at radius 3 is 2.05 bits per heavy atom. The van der Waals surface area contributed by atoms with E-state index in [1.165, 1.54) is 28.3 Å². The van der Waals surface area contributed by atoms with Gasteiger partial charge in [-0.3, -0.25) is 0 Å². The summed E-state index contributed by atoms with van der Waals surface area (Å²) in [5.74, 6) is 0.872. The van der Waals surface area contributed by atoms with Gasteiger partial charge in [-0.05, 0) is 13.0 Å². The third kappa shape index (κ3) is 2.67. The van der Waals surface area contributed by atoms with Gasteiger partial charge in [0.1, 0.15) is 5.75 Å². The number of nitrogens with two attached hydrogens (primary N) is 1. The zero-order valence-corrected chi connectivity index (χ0v) is 12.2. The summed E-state index contributed by atoms with van der Waals surface area (Å²) in [5.41, 5.74) is 6.25. The van der Waals surface area contributed by atoms with Gasteiger partial charge < -0.3 is 19.9 Å². The van der Waals surface area contributed by atoms with Gasteiger partial charge in [0.25, 0.3) is 0 Å². The van der Waals surface area contributed by atoms with Crippen LogP contribution in [-0.4, -0.2) is 31.3 Å². The highest BCUT2D eigenvalue weighted by Crippen LogP contribution is 2.39. The van der Waals surface area contributed by atoms with Crippen molar-refractivity contribution < 1.29 is 18.6 Å². The van der Waals surface area contributed by atoms with Gasteiger partial charge in [-0.15, -0.1) is 0 Å². The van der Waals surface area contributed by atoms with Crippen LogP contribution < -0.4 is 19.9 Å². The monoisotopic (exact) mass is 293 g/mol. The van der Waals surface area contributed by atoms with Gasteiger partial charge in [0.05, 0.1) is 32.6 Å². The SMILES string of the molecule is COc1cc(OC)c(-c2nc(C)c(F)c(N)n2)cc1OC. The first-order valence-electron chi connectivity index (χ1n) is 6.11. The minimum Gasteiger partial charge on any atom is -0.496 e. The third-order valence-corrected chi connectivity index (χ3v) is 2.99. The van der Waals surface area contributed by atoms with Crippen molar-refractivity contribution in [3.05, 3.63) is 23.6 Å². The zero-order valence-electron chi connectivity index (χ0n) is 12.2. The van der Waals surface area contributed by atoms with Gasteiger partial charge in [0, 0.05) is 6.07 Å². The molecule has 7 heteroatoms. The summed E-state index contributed by atoms with van der Waals surface area (Å²) in [5, 5.41) is 0. The van der Waals surface area contributed by atoms with Crippen molar-refractivity contribution >= 4 is 5.82 Å². The van der Waals surface area contributed by atoms with Crippen molar-refractivity contribution in [2.45, 2.75) is 6.92 Å². The van der Waals surface area contributed by atoms with Gasteiger partial charge in [0.15, 0.2) is 29.0 Å². The average molecular weight is 293 g/mol. The van der Waals surface area contributed by atoms with Crippen LogP contribution in [0.2, 0.25) is 0 Å². The van der Waals surface area contributed by atoms with E-state index in [1.54, 1.807) is 12.1 Å². The molecule has 1 aromatic carbocycles. The van der Waals surface area contributed by atoms with Crippen molar-refractivity contribution in [1.29, 1.82) is 0 Å². The minimum absolute atomic E-state index is 0.161. The Morgan fingerprint density at radius 2 is 1.52 bits per heavy atom.